The van der Waals surface area contributed by atoms with Gasteiger partial charge in [0.15, 0.2) is 46.5 Å². The maximum atomic E-state index is 14.2. The SMILES string of the molecule is CC(C)Sc1c(F)c(F)c(S(=O)(=O)c2c(F)c(F)c(F)c(F)c2F)c(F)c1F. The van der Waals surface area contributed by atoms with Crippen LogP contribution in [0.1, 0.15) is 13.8 Å². The molecule has 0 radical (unpaired) electrons. The monoisotopic (exact) mass is 454 g/mol. The van der Waals surface area contributed by atoms with Crippen LogP contribution in [0.3, 0.4) is 0 Å². The number of hydrogen-bond donors (Lipinski definition) is 0. The van der Waals surface area contributed by atoms with Crippen LogP contribution in [0.4, 0.5) is 39.5 Å². The molecule has 0 N–H and O–H groups in total. The largest absolute Gasteiger partial charge is 0.218 e. The van der Waals surface area contributed by atoms with Gasteiger partial charge in [-0.25, -0.2) is 47.9 Å². The van der Waals surface area contributed by atoms with Gasteiger partial charge in [-0.3, -0.25) is 0 Å². The van der Waals surface area contributed by atoms with Gasteiger partial charge in [0.2, 0.25) is 15.7 Å². The molecule has 0 amide bonds. The molecule has 0 unspecified atom stereocenters. The van der Waals surface area contributed by atoms with E-state index in [0.717, 1.165) is 0 Å². The van der Waals surface area contributed by atoms with Gasteiger partial charge in [0.1, 0.15) is 9.79 Å². The van der Waals surface area contributed by atoms with E-state index in [9.17, 15) is 47.9 Å². The van der Waals surface area contributed by atoms with Crippen molar-refractivity contribution in [3.63, 3.8) is 0 Å². The molecule has 0 aliphatic carbocycles. The Kier molecular flexibility index (Phi) is 6.00. The van der Waals surface area contributed by atoms with Crippen molar-refractivity contribution in [2.24, 2.45) is 0 Å². The first-order chi connectivity index (χ1) is 12.7. The van der Waals surface area contributed by atoms with Crippen molar-refractivity contribution >= 4 is 21.6 Å². The van der Waals surface area contributed by atoms with Crippen LogP contribution in [0.2, 0.25) is 0 Å². The van der Waals surface area contributed by atoms with Gasteiger partial charge in [0.05, 0.1) is 4.90 Å². The number of hydrogen-bond acceptors (Lipinski definition) is 3. The first-order valence-corrected chi connectivity index (χ1v) is 9.40. The summed E-state index contributed by atoms with van der Waals surface area (Å²) in [6.45, 7) is 2.75. The van der Waals surface area contributed by atoms with Crippen molar-refractivity contribution in [2.45, 2.75) is 33.8 Å². The van der Waals surface area contributed by atoms with E-state index in [4.69, 9.17) is 0 Å². The number of rotatable bonds is 4. The Morgan fingerprint density at radius 2 is 0.857 bits per heavy atom. The second-order valence-electron chi connectivity index (χ2n) is 5.48. The van der Waals surface area contributed by atoms with Gasteiger partial charge in [-0.2, -0.15) is 0 Å². The summed E-state index contributed by atoms with van der Waals surface area (Å²) in [5.74, 6) is -23.7. The fourth-order valence-corrected chi connectivity index (χ4v) is 4.45. The lowest BCUT2D eigenvalue weighted by molar-refractivity contribution is 0.356. The Balaban J connectivity index is 2.94. The van der Waals surface area contributed by atoms with Gasteiger partial charge < -0.3 is 0 Å². The smallest absolute Gasteiger partial charge is 0.218 e. The van der Waals surface area contributed by atoms with E-state index in [2.05, 4.69) is 0 Å². The molecule has 13 heteroatoms. The molecule has 0 saturated heterocycles. The Labute approximate surface area is 156 Å². The lowest BCUT2D eigenvalue weighted by Crippen LogP contribution is -2.18. The molecular formula is C15H7F9O2S2. The van der Waals surface area contributed by atoms with E-state index in [1.165, 1.54) is 13.8 Å². The van der Waals surface area contributed by atoms with Crippen LogP contribution in [0.5, 0.6) is 0 Å². The lowest BCUT2D eigenvalue weighted by atomic mass is 10.3. The molecule has 0 spiro atoms. The molecule has 0 heterocycles. The Morgan fingerprint density at radius 3 is 1.18 bits per heavy atom. The van der Waals surface area contributed by atoms with E-state index in [1.807, 2.05) is 0 Å². The van der Waals surface area contributed by atoms with Crippen molar-refractivity contribution < 1.29 is 47.9 Å². The first-order valence-electron chi connectivity index (χ1n) is 7.04. The average Bonchev–Trinajstić information content (AvgIpc) is 2.60. The number of halogens is 9. The highest BCUT2D eigenvalue weighted by Crippen LogP contribution is 2.39. The zero-order valence-electron chi connectivity index (χ0n) is 13.6. The molecule has 0 saturated carbocycles. The molecule has 0 bridgehead atoms. The van der Waals surface area contributed by atoms with E-state index in [1.54, 1.807) is 0 Å². The fraction of sp³-hybridized carbons (Fsp3) is 0.200. The highest BCUT2D eigenvalue weighted by atomic mass is 32.2. The Hall–Kier alpha value is -1.89. The molecule has 2 nitrogen and oxygen atoms in total. The third-order valence-corrected chi connectivity index (χ3v) is 6.10. The van der Waals surface area contributed by atoms with Crippen molar-refractivity contribution in [1.29, 1.82) is 0 Å². The number of thioether (sulfide) groups is 1. The maximum absolute atomic E-state index is 14.2. The van der Waals surface area contributed by atoms with Crippen LogP contribution in [0.15, 0.2) is 14.7 Å². The van der Waals surface area contributed by atoms with Gasteiger partial charge in [0.25, 0.3) is 0 Å². The minimum Gasteiger partial charge on any atom is -0.218 e. The van der Waals surface area contributed by atoms with Crippen LogP contribution in [-0.4, -0.2) is 13.7 Å². The summed E-state index contributed by atoms with van der Waals surface area (Å²) < 4.78 is 148. The van der Waals surface area contributed by atoms with Crippen molar-refractivity contribution in [3.8, 4) is 0 Å². The summed E-state index contributed by atoms with van der Waals surface area (Å²) in [6, 6.07) is 0. The van der Waals surface area contributed by atoms with Gasteiger partial charge in [-0.05, 0) is 0 Å². The summed E-state index contributed by atoms with van der Waals surface area (Å²) in [5, 5.41) is -0.625. The van der Waals surface area contributed by atoms with Gasteiger partial charge in [-0.1, -0.05) is 13.8 Å². The molecule has 2 aromatic carbocycles. The molecule has 154 valence electrons. The minimum absolute atomic E-state index is 0.266. The Morgan fingerprint density at radius 1 is 0.571 bits per heavy atom. The maximum Gasteiger partial charge on any atom is 0.218 e. The lowest BCUT2D eigenvalue weighted by Gasteiger charge is -2.14. The molecular weight excluding hydrogens is 447 g/mol. The van der Waals surface area contributed by atoms with Crippen LogP contribution >= 0.6 is 11.8 Å². The fourth-order valence-electron chi connectivity index (χ4n) is 2.09. The molecule has 2 rings (SSSR count). The van der Waals surface area contributed by atoms with Gasteiger partial charge >= 0.3 is 0 Å². The third kappa shape index (κ3) is 3.34. The van der Waals surface area contributed by atoms with Crippen LogP contribution in [-0.2, 0) is 9.84 Å². The van der Waals surface area contributed by atoms with Gasteiger partial charge in [0, 0.05) is 5.25 Å². The highest BCUT2D eigenvalue weighted by Gasteiger charge is 2.40. The zero-order chi connectivity index (χ0) is 21.7. The Bertz CT molecular complexity index is 1020. The average molecular weight is 454 g/mol. The van der Waals surface area contributed by atoms with E-state index < -0.39 is 82.1 Å². The van der Waals surface area contributed by atoms with Crippen molar-refractivity contribution in [2.75, 3.05) is 0 Å². The summed E-state index contributed by atoms with van der Waals surface area (Å²) in [4.78, 5) is -6.44. The van der Waals surface area contributed by atoms with Crippen LogP contribution in [0, 0.1) is 52.4 Å². The molecule has 0 aromatic heterocycles. The third-order valence-electron chi connectivity index (χ3n) is 3.24. The summed E-state index contributed by atoms with van der Waals surface area (Å²) in [7, 11) is -6.25. The van der Waals surface area contributed by atoms with Crippen molar-refractivity contribution in [1.82, 2.24) is 0 Å². The number of benzene rings is 2. The van der Waals surface area contributed by atoms with E-state index in [-0.39, 0.29) is 11.8 Å². The predicted octanol–water partition coefficient (Wildman–Crippen LogP) is 5.27. The second kappa shape index (κ2) is 7.50. The molecule has 0 aliphatic rings. The van der Waals surface area contributed by atoms with E-state index >= 15 is 0 Å². The molecule has 0 atom stereocenters. The van der Waals surface area contributed by atoms with Crippen LogP contribution < -0.4 is 0 Å². The first kappa shape index (κ1) is 22.4. The second-order valence-corrected chi connectivity index (χ2v) is 8.89. The molecule has 2 aromatic rings. The summed E-state index contributed by atoms with van der Waals surface area (Å²) >= 11 is 0.266. The number of sulfone groups is 1. The summed E-state index contributed by atoms with van der Waals surface area (Å²) in [5.41, 5.74) is 0. The van der Waals surface area contributed by atoms with E-state index in [0.29, 0.717) is 0 Å². The highest BCUT2D eigenvalue weighted by molar-refractivity contribution is 8.00. The van der Waals surface area contributed by atoms with Crippen molar-refractivity contribution in [3.05, 3.63) is 52.4 Å². The van der Waals surface area contributed by atoms with Crippen LogP contribution in [0.25, 0.3) is 0 Å². The standard InChI is InChI=1S/C15H7F9O2S2/c1-3(2)27-13-7(19)11(23)15(12(24)8(13)20)28(25,26)14-9(21)5(17)4(16)6(18)10(14)22/h3H,1-2H3. The van der Waals surface area contributed by atoms with Gasteiger partial charge in [-0.15, -0.1) is 11.8 Å². The summed E-state index contributed by atoms with van der Waals surface area (Å²) in [6.07, 6.45) is 0. The molecule has 0 fully saturated rings. The normalized spacial score (nSPS) is 12.1. The molecule has 0 aliphatic heterocycles. The minimum atomic E-state index is -6.25. The predicted molar refractivity (Wildman–Crippen MR) is 79.0 cm³/mol. The quantitative estimate of drug-likeness (QED) is 0.208. The molecule has 28 heavy (non-hydrogen) atoms. The topological polar surface area (TPSA) is 34.1 Å². The zero-order valence-corrected chi connectivity index (χ0v) is 15.2.